The zero-order chi connectivity index (χ0) is 15.0. The minimum atomic E-state index is -0.911. The molecule has 0 saturated heterocycles. The zero-order valence-corrected chi connectivity index (χ0v) is 12.2. The van der Waals surface area contributed by atoms with Crippen molar-refractivity contribution in [3.63, 3.8) is 0 Å². The van der Waals surface area contributed by atoms with Gasteiger partial charge in [0.1, 0.15) is 17.5 Å². The van der Waals surface area contributed by atoms with Crippen LogP contribution in [0.1, 0.15) is 22.8 Å². The molecule has 0 aliphatic heterocycles. The van der Waals surface area contributed by atoms with Crippen molar-refractivity contribution in [2.75, 3.05) is 14.2 Å². The molecule has 0 amide bonds. The van der Waals surface area contributed by atoms with Crippen molar-refractivity contribution >= 4 is 5.57 Å². The Kier molecular flexibility index (Phi) is 3.32. The molecule has 0 heterocycles. The monoisotopic (exact) mass is 282 g/mol. The van der Waals surface area contributed by atoms with Crippen LogP contribution in [0.25, 0.3) is 5.57 Å². The molecule has 2 aromatic carbocycles. The third-order valence-corrected chi connectivity index (χ3v) is 4.24. The summed E-state index contributed by atoms with van der Waals surface area (Å²) in [7, 11) is 3.20. The zero-order valence-electron chi connectivity index (χ0n) is 12.2. The highest BCUT2D eigenvalue weighted by atomic mass is 16.5. The predicted octanol–water partition coefficient (Wildman–Crippen LogP) is 3.30. The van der Waals surface area contributed by atoms with Crippen LogP contribution in [-0.2, 0) is 10.3 Å². The van der Waals surface area contributed by atoms with Crippen molar-refractivity contribution < 1.29 is 14.6 Å². The molecule has 1 aliphatic rings. The third kappa shape index (κ3) is 1.75. The molecule has 0 radical (unpaired) electrons. The molecule has 0 spiro atoms. The number of hydrogen-bond acceptors (Lipinski definition) is 3. The average Bonchev–Trinajstić information content (AvgIpc) is 2.55. The van der Waals surface area contributed by atoms with E-state index in [1.54, 1.807) is 14.2 Å². The van der Waals surface area contributed by atoms with Gasteiger partial charge in [-0.1, -0.05) is 49.0 Å². The fraction of sp³-hybridized carbons (Fsp3) is 0.222. The first-order valence-electron chi connectivity index (χ1n) is 6.82. The van der Waals surface area contributed by atoms with Crippen LogP contribution in [0.4, 0.5) is 0 Å². The van der Waals surface area contributed by atoms with Crippen LogP contribution in [0.5, 0.6) is 5.75 Å². The number of hydrogen-bond donors (Lipinski definition) is 1. The van der Waals surface area contributed by atoms with E-state index in [9.17, 15) is 5.11 Å². The highest BCUT2D eigenvalue weighted by Crippen LogP contribution is 2.59. The number of ether oxygens (including phenoxy) is 2. The van der Waals surface area contributed by atoms with Crippen molar-refractivity contribution in [1.29, 1.82) is 0 Å². The maximum absolute atomic E-state index is 10.7. The minimum Gasteiger partial charge on any atom is -0.496 e. The first-order valence-corrected chi connectivity index (χ1v) is 6.82. The van der Waals surface area contributed by atoms with Gasteiger partial charge in [0.2, 0.25) is 0 Å². The van der Waals surface area contributed by atoms with Gasteiger partial charge >= 0.3 is 0 Å². The van der Waals surface area contributed by atoms with Gasteiger partial charge in [0.25, 0.3) is 0 Å². The van der Waals surface area contributed by atoms with Gasteiger partial charge in [0, 0.05) is 18.2 Å². The van der Waals surface area contributed by atoms with E-state index in [2.05, 4.69) is 6.58 Å². The van der Waals surface area contributed by atoms with Crippen molar-refractivity contribution in [3.8, 4) is 5.75 Å². The van der Waals surface area contributed by atoms with Crippen molar-refractivity contribution in [3.05, 3.63) is 71.8 Å². The molecule has 0 saturated carbocycles. The SMILES string of the molecule is C=C(c1ccccc1)C1(OC)c2cccc(OC)c2C1O. The maximum atomic E-state index is 10.7. The number of methoxy groups -OCH3 is 2. The van der Waals surface area contributed by atoms with Crippen molar-refractivity contribution in [2.45, 2.75) is 11.7 Å². The molecule has 108 valence electrons. The summed E-state index contributed by atoms with van der Waals surface area (Å²) in [6.45, 7) is 4.17. The Hall–Kier alpha value is -2.10. The van der Waals surface area contributed by atoms with Crippen LogP contribution in [-0.4, -0.2) is 19.3 Å². The highest BCUT2D eigenvalue weighted by Gasteiger charge is 2.55. The molecule has 21 heavy (non-hydrogen) atoms. The fourth-order valence-corrected chi connectivity index (χ4v) is 3.13. The van der Waals surface area contributed by atoms with Gasteiger partial charge in [-0.15, -0.1) is 0 Å². The standard InChI is InChI=1S/C18H18O3/c1-12(13-8-5-4-6-9-13)18(21-3)14-10-7-11-15(20-2)16(14)17(18)19/h4-11,17,19H,1H2,2-3H3. The van der Waals surface area contributed by atoms with Gasteiger partial charge < -0.3 is 14.6 Å². The van der Waals surface area contributed by atoms with E-state index < -0.39 is 11.7 Å². The molecule has 3 heteroatoms. The smallest absolute Gasteiger partial charge is 0.148 e. The Bertz CT molecular complexity index is 678. The molecular formula is C18H18O3. The summed E-state index contributed by atoms with van der Waals surface area (Å²) in [6.07, 6.45) is -0.790. The maximum Gasteiger partial charge on any atom is 0.148 e. The van der Waals surface area contributed by atoms with Gasteiger partial charge in [-0.05, 0) is 17.2 Å². The Morgan fingerprint density at radius 2 is 1.81 bits per heavy atom. The second-order valence-electron chi connectivity index (χ2n) is 5.11. The van der Waals surface area contributed by atoms with Gasteiger partial charge in [-0.3, -0.25) is 0 Å². The minimum absolute atomic E-state index is 0.675. The Morgan fingerprint density at radius 1 is 1.10 bits per heavy atom. The van der Waals surface area contributed by atoms with E-state index in [1.165, 1.54) is 0 Å². The first kappa shape index (κ1) is 13.9. The van der Waals surface area contributed by atoms with Crippen molar-refractivity contribution in [2.24, 2.45) is 0 Å². The van der Waals surface area contributed by atoms with Crippen LogP contribution in [0.2, 0.25) is 0 Å². The van der Waals surface area contributed by atoms with Crippen LogP contribution < -0.4 is 4.74 Å². The van der Waals surface area contributed by atoms with Crippen LogP contribution >= 0.6 is 0 Å². The third-order valence-electron chi connectivity index (χ3n) is 4.24. The van der Waals surface area contributed by atoms with E-state index >= 15 is 0 Å². The van der Waals surface area contributed by atoms with Gasteiger partial charge in [0.15, 0.2) is 0 Å². The lowest BCUT2D eigenvalue weighted by Crippen LogP contribution is -2.46. The van der Waals surface area contributed by atoms with E-state index in [1.807, 2.05) is 48.5 Å². The van der Waals surface area contributed by atoms with E-state index in [0.717, 1.165) is 22.3 Å². The van der Waals surface area contributed by atoms with Gasteiger partial charge in [-0.2, -0.15) is 0 Å². The largest absolute Gasteiger partial charge is 0.496 e. The molecular weight excluding hydrogens is 264 g/mol. The van der Waals surface area contributed by atoms with E-state index in [4.69, 9.17) is 9.47 Å². The lowest BCUT2D eigenvalue weighted by atomic mass is 9.65. The van der Waals surface area contributed by atoms with Gasteiger partial charge in [0.05, 0.1) is 7.11 Å². The normalized spacial score (nSPS) is 23.1. The van der Waals surface area contributed by atoms with E-state index in [0.29, 0.717) is 5.75 Å². The molecule has 0 bridgehead atoms. The van der Waals surface area contributed by atoms with Crippen LogP contribution in [0.15, 0.2) is 55.1 Å². The predicted molar refractivity (Wildman–Crippen MR) is 82.1 cm³/mol. The lowest BCUT2D eigenvalue weighted by molar-refractivity contribution is -0.0968. The Morgan fingerprint density at radius 3 is 2.43 bits per heavy atom. The number of fused-ring (bicyclic) bond motifs is 1. The van der Waals surface area contributed by atoms with Crippen LogP contribution in [0.3, 0.4) is 0 Å². The molecule has 3 rings (SSSR count). The summed E-state index contributed by atoms with van der Waals surface area (Å²) in [5.41, 5.74) is 2.47. The fourth-order valence-electron chi connectivity index (χ4n) is 3.13. The lowest BCUT2D eigenvalue weighted by Gasteiger charge is -2.49. The molecule has 2 unspecified atom stereocenters. The molecule has 0 aromatic heterocycles. The van der Waals surface area contributed by atoms with Crippen LogP contribution in [0, 0.1) is 0 Å². The molecule has 2 atom stereocenters. The number of aliphatic hydroxyl groups is 1. The second-order valence-corrected chi connectivity index (χ2v) is 5.11. The Labute approximate surface area is 124 Å². The quantitative estimate of drug-likeness (QED) is 0.935. The molecule has 2 aromatic rings. The molecule has 3 nitrogen and oxygen atoms in total. The second kappa shape index (κ2) is 5.02. The van der Waals surface area contributed by atoms with Crippen molar-refractivity contribution in [1.82, 2.24) is 0 Å². The molecule has 1 aliphatic carbocycles. The molecule has 1 N–H and O–H groups in total. The summed E-state index contributed by atoms with van der Waals surface area (Å²) in [6, 6.07) is 15.5. The number of aliphatic hydroxyl groups excluding tert-OH is 1. The number of rotatable bonds is 4. The summed E-state index contributed by atoms with van der Waals surface area (Å²) >= 11 is 0. The first-order chi connectivity index (χ1) is 10.2. The number of benzene rings is 2. The summed E-state index contributed by atoms with van der Waals surface area (Å²) in [5.74, 6) is 0.675. The van der Waals surface area contributed by atoms with E-state index in [-0.39, 0.29) is 0 Å². The molecule has 0 fully saturated rings. The summed E-state index contributed by atoms with van der Waals surface area (Å²) < 4.78 is 11.0. The average molecular weight is 282 g/mol. The van der Waals surface area contributed by atoms with Gasteiger partial charge in [-0.25, -0.2) is 0 Å². The summed E-state index contributed by atoms with van der Waals surface area (Å²) in [5, 5.41) is 10.7. The topological polar surface area (TPSA) is 38.7 Å². The summed E-state index contributed by atoms with van der Waals surface area (Å²) in [4.78, 5) is 0. The highest BCUT2D eigenvalue weighted by molar-refractivity contribution is 5.78. The Balaban J connectivity index is 2.12.